The number of carboxylic acid groups (broad SMARTS) is 1. The first kappa shape index (κ1) is 16.8. The third-order valence-electron chi connectivity index (χ3n) is 5.19. The van der Waals surface area contributed by atoms with Crippen molar-refractivity contribution in [2.45, 2.75) is 38.3 Å². The zero-order valence-electron chi connectivity index (χ0n) is 13.9. The smallest absolute Gasteiger partial charge is 0.338 e. The fourth-order valence-corrected chi connectivity index (χ4v) is 3.81. The van der Waals surface area contributed by atoms with Gasteiger partial charge in [0.15, 0.2) is 0 Å². The van der Waals surface area contributed by atoms with Crippen LogP contribution in [0.3, 0.4) is 0 Å². The van der Waals surface area contributed by atoms with Gasteiger partial charge in [-0.2, -0.15) is 5.43 Å². The van der Waals surface area contributed by atoms with Crippen molar-refractivity contribution in [3.8, 4) is 0 Å². The minimum atomic E-state index is -1.09. The van der Waals surface area contributed by atoms with Crippen LogP contribution in [-0.4, -0.2) is 28.9 Å². The first-order chi connectivity index (χ1) is 12.1. The fourth-order valence-electron chi connectivity index (χ4n) is 3.58. The van der Waals surface area contributed by atoms with Crippen molar-refractivity contribution in [2.24, 2.45) is 17.8 Å². The van der Waals surface area contributed by atoms with Gasteiger partial charge in [-0.3, -0.25) is 5.01 Å². The highest BCUT2D eigenvalue weighted by Crippen LogP contribution is 2.50. The molecule has 6 nitrogen and oxygen atoms in total. The van der Waals surface area contributed by atoms with Crippen LogP contribution in [-0.2, 0) is 4.74 Å². The molecule has 1 atom stereocenters. The maximum Gasteiger partial charge on any atom is 0.338 e. The highest BCUT2D eigenvalue weighted by Gasteiger charge is 2.40. The number of halogens is 1. The molecule has 4 rings (SSSR count). The van der Waals surface area contributed by atoms with Crippen molar-refractivity contribution in [3.63, 3.8) is 0 Å². The van der Waals surface area contributed by atoms with Gasteiger partial charge in [-0.1, -0.05) is 11.6 Å². The Balaban J connectivity index is 1.27. The Morgan fingerprint density at radius 3 is 2.68 bits per heavy atom. The summed E-state index contributed by atoms with van der Waals surface area (Å²) in [6.07, 6.45) is 10.3. The summed E-state index contributed by atoms with van der Waals surface area (Å²) in [5, 5.41) is 10.7. The van der Waals surface area contributed by atoms with Crippen LogP contribution < -0.4 is 10.4 Å². The topological polar surface area (TPSA) is 74.7 Å². The number of hydrogen-bond donors (Lipinski definition) is 2. The predicted molar refractivity (Wildman–Crippen MR) is 94.3 cm³/mol. The number of nitrogens with zero attached hydrogens (tertiary/aromatic N) is 2. The van der Waals surface area contributed by atoms with E-state index in [4.69, 9.17) is 21.4 Å². The Morgan fingerprint density at radius 2 is 2.08 bits per heavy atom. The van der Waals surface area contributed by atoms with Crippen LogP contribution in [0.15, 0.2) is 24.4 Å². The van der Waals surface area contributed by atoms with Crippen molar-refractivity contribution < 1.29 is 14.6 Å². The molecule has 0 radical (unpaired) electrons. The van der Waals surface area contributed by atoms with Crippen LogP contribution >= 0.6 is 11.6 Å². The average molecular weight is 364 g/mol. The molecule has 2 saturated carbocycles. The Bertz CT molecular complexity index is 676. The van der Waals surface area contributed by atoms with Crippen LogP contribution in [0.1, 0.15) is 42.5 Å². The number of rotatable bonds is 8. The molecule has 134 valence electrons. The zero-order chi connectivity index (χ0) is 17.4. The number of pyridine rings is 1. The van der Waals surface area contributed by atoms with Gasteiger partial charge in [0.1, 0.15) is 17.2 Å². The lowest BCUT2D eigenvalue weighted by atomic mass is 9.95. The van der Waals surface area contributed by atoms with Gasteiger partial charge in [0.05, 0.1) is 5.56 Å². The van der Waals surface area contributed by atoms with Gasteiger partial charge >= 0.3 is 5.97 Å². The number of carbonyl (C=O) groups is 1. The molecule has 0 spiro atoms. The molecule has 25 heavy (non-hydrogen) atoms. The highest BCUT2D eigenvalue weighted by atomic mass is 35.5. The Kier molecular flexibility index (Phi) is 4.67. The minimum absolute atomic E-state index is 0.00686. The third-order valence-corrected chi connectivity index (χ3v) is 5.48. The molecule has 0 bridgehead atoms. The normalized spacial score (nSPS) is 22.8. The summed E-state index contributed by atoms with van der Waals surface area (Å²) in [6, 6.07) is 3.07. The molecule has 2 fully saturated rings. The Morgan fingerprint density at radius 1 is 1.36 bits per heavy atom. The van der Waals surface area contributed by atoms with Crippen LogP contribution in [0.5, 0.6) is 0 Å². The monoisotopic (exact) mass is 363 g/mol. The Hall–Kier alpha value is -1.63. The number of anilines is 1. The van der Waals surface area contributed by atoms with Crippen LogP contribution in [0.4, 0.5) is 5.82 Å². The number of carboxylic acids is 1. The van der Waals surface area contributed by atoms with Crippen LogP contribution in [0, 0.1) is 17.8 Å². The average Bonchev–Trinajstić information content (AvgIpc) is 3.51. The quantitative estimate of drug-likeness (QED) is 0.689. The number of ether oxygens (including phenoxy) is 1. The molecule has 2 heterocycles. The molecule has 0 amide bonds. The van der Waals surface area contributed by atoms with Gasteiger partial charge in [0, 0.05) is 12.8 Å². The number of aromatic carboxylic acids is 1. The standard InChI is InChI=1S/C18H22ClN3O3/c19-17-14(18(23)24)5-6-15(20-17)22-9-7-16(21-22)25-10-8-13(11-1-2-11)12-3-4-12/h5-7,9,11-13,16,21H,1-4,8,10H2,(H,23,24). The van der Waals surface area contributed by atoms with Crippen molar-refractivity contribution in [2.75, 3.05) is 11.6 Å². The lowest BCUT2D eigenvalue weighted by molar-refractivity contribution is 0.0548. The predicted octanol–water partition coefficient (Wildman–Crippen LogP) is 3.44. The van der Waals surface area contributed by atoms with Gasteiger partial charge in [0.25, 0.3) is 0 Å². The van der Waals surface area contributed by atoms with E-state index in [9.17, 15) is 4.79 Å². The second-order valence-corrected chi connectivity index (χ2v) is 7.43. The maximum absolute atomic E-state index is 11.0. The molecule has 0 aromatic carbocycles. The highest BCUT2D eigenvalue weighted by molar-refractivity contribution is 6.32. The molecule has 7 heteroatoms. The van der Waals surface area contributed by atoms with Crippen molar-refractivity contribution in [1.29, 1.82) is 0 Å². The summed E-state index contributed by atoms with van der Waals surface area (Å²) in [7, 11) is 0. The molecule has 1 aromatic heterocycles. The molecular formula is C18H22ClN3O3. The van der Waals surface area contributed by atoms with Gasteiger partial charge in [-0.25, -0.2) is 9.78 Å². The first-order valence-electron chi connectivity index (χ1n) is 8.87. The van der Waals surface area contributed by atoms with E-state index in [1.165, 1.54) is 31.7 Å². The van der Waals surface area contributed by atoms with Crippen LogP contribution in [0.2, 0.25) is 5.15 Å². The van der Waals surface area contributed by atoms with E-state index in [0.29, 0.717) is 5.82 Å². The second-order valence-electron chi connectivity index (χ2n) is 7.07. The van der Waals surface area contributed by atoms with Crippen molar-refractivity contribution in [3.05, 3.63) is 35.1 Å². The maximum atomic E-state index is 11.0. The molecular weight excluding hydrogens is 342 g/mol. The van der Waals surface area contributed by atoms with Crippen LogP contribution in [0.25, 0.3) is 0 Å². The van der Waals surface area contributed by atoms with E-state index in [2.05, 4.69) is 10.4 Å². The summed E-state index contributed by atoms with van der Waals surface area (Å²) in [4.78, 5) is 15.1. The molecule has 3 aliphatic rings. The zero-order valence-corrected chi connectivity index (χ0v) is 14.7. The lowest BCUT2D eigenvalue weighted by Crippen LogP contribution is -2.37. The van der Waals surface area contributed by atoms with Gasteiger partial charge < -0.3 is 9.84 Å². The summed E-state index contributed by atoms with van der Waals surface area (Å²) < 4.78 is 5.94. The fraction of sp³-hybridized carbons (Fsp3) is 0.556. The molecule has 2 aliphatic carbocycles. The third kappa shape index (κ3) is 3.97. The van der Waals surface area contributed by atoms with E-state index in [0.717, 1.165) is 30.8 Å². The SMILES string of the molecule is O=C(O)c1ccc(N2C=CC(OCCC(C3CC3)C3CC3)N2)nc1Cl. The van der Waals surface area contributed by atoms with E-state index >= 15 is 0 Å². The van der Waals surface area contributed by atoms with E-state index in [-0.39, 0.29) is 16.9 Å². The summed E-state index contributed by atoms with van der Waals surface area (Å²) in [5.41, 5.74) is 3.17. The molecule has 2 N–H and O–H groups in total. The molecule has 1 unspecified atom stereocenters. The van der Waals surface area contributed by atoms with Gasteiger partial charge in [-0.15, -0.1) is 0 Å². The number of aromatic nitrogens is 1. The number of nitrogens with one attached hydrogen (secondary N) is 1. The molecule has 1 aromatic rings. The van der Waals surface area contributed by atoms with Crippen molar-refractivity contribution >= 4 is 23.4 Å². The summed E-state index contributed by atoms with van der Waals surface area (Å²) >= 11 is 5.93. The van der Waals surface area contributed by atoms with E-state index in [1.807, 2.05) is 12.3 Å². The number of hydrogen-bond acceptors (Lipinski definition) is 5. The van der Waals surface area contributed by atoms with Gasteiger partial charge in [0.2, 0.25) is 0 Å². The lowest BCUT2D eigenvalue weighted by Gasteiger charge is -2.21. The van der Waals surface area contributed by atoms with E-state index < -0.39 is 5.97 Å². The minimum Gasteiger partial charge on any atom is -0.478 e. The second kappa shape index (κ2) is 6.94. The molecule has 0 saturated heterocycles. The summed E-state index contributed by atoms with van der Waals surface area (Å²) in [5.74, 6) is 2.19. The van der Waals surface area contributed by atoms with E-state index in [1.54, 1.807) is 11.1 Å². The number of hydrazine groups is 1. The molecule has 1 aliphatic heterocycles. The first-order valence-corrected chi connectivity index (χ1v) is 9.25. The summed E-state index contributed by atoms with van der Waals surface area (Å²) in [6.45, 7) is 0.750. The van der Waals surface area contributed by atoms with Crippen molar-refractivity contribution in [1.82, 2.24) is 10.4 Å². The van der Waals surface area contributed by atoms with Gasteiger partial charge in [-0.05, 0) is 68.1 Å². The largest absolute Gasteiger partial charge is 0.478 e. The Labute approximate surface area is 151 Å².